The second-order valence-corrected chi connectivity index (χ2v) is 3.64. The highest BCUT2D eigenvalue weighted by Crippen LogP contribution is 2.01. The van der Waals surface area contributed by atoms with E-state index in [-0.39, 0.29) is 4.87 Å². The van der Waals surface area contributed by atoms with E-state index in [0.717, 1.165) is 5.56 Å². The number of thiazole rings is 1. The van der Waals surface area contributed by atoms with E-state index in [1.54, 1.807) is 4.57 Å². The summed E-state index contributed by atoms with van der Waals surface area (Å²) in [5.74, 6) is 0. The summed E-state index contributed by atoms with van der Waals surface area (Å²) in [6.45, 7) is 0.670. The summed E-state index contributed by atoms with van der Waals surface area (Å²) in [6, 6.07) is 9.97. The van der Waals surface area contributed by atoms with Crippen molar-refractivity contribution in [1.29, 1.82) is 0 Å². The second-order valence-electron chi connectivity index (χ2n) is 2.78. The van der Waals surface area contributed by atoms with Crippen LogP contribution in [0.3, 0.4) is 0 Å². The van der Waals surface area contributed by atoms with Gasteiger partial charge in [-0.05, 0) is 5.56 Å². The van der Waals surface area contributed by atoms with Crippen LogP contribution in [-0.4, -0.2) is 4.57 Å². The largest absolute Gasteiger partial charge is 0.307 e. The van der Waals surface area contributed by atoms with Gasteiger partial charge in [-0.3, -0.25) is 4.79 Å². The molecule has 13 heavy (non-hydrogen) atoms. The molecule has 0 N–H and O–H groups in total. The molecule has 2 nitrogen and oxygen atoms in total. The minimum atomic E-state index is 0.101. The van der Waals surface area contributed by atoms with Crippen molar-refractivity contribution in [2.24, 2.45) is 0 Å². The minimum Gasteiger partial charge on any atom is -0.302 e. The van der Waals surface area contributed by atoms with Crippen molar-refractivity contribution in [1.82, 2.24) is 4.57 Å². The molecule has 0 unspecified atom stereocenters. The highest BCUT2D eigenvalue weighted by molar-refractivity contribution is 7.07. The Morgan fingerprint density at radius 2 is 2.00 bits per heavy atom. The van der Waals surface area contributed by atoms with Crippen molar-refractivity contribution in [2.75, 3.05) is 0 Å². The van der Waals surface area contributed by atoms with Crippen LogP contribution in [0.15, 0.2) is 46.7 Å². The summed E-state index contributed by atoms with van der Waals surface area (Å²) >= 11 is 1.23. The maximum atomic E-state index is 11.2. The van der Waals surface area contributed by atoms with E-state index in [2.05, 4.69) is 0 Å². The molecule has 1 aromatic heterocycles. The van der Waals surface area contributed by atoms with Crippen LogP contribution in [-0.2, 0) is 6.54 Å². The zero-order valence-corrected chi connectivity index (χ0v) is 7.83. The predicted octanol–water partition coefficient (Wildman–Crippen LogP) is 1.96. The first-order chi connectivity index (χ1) is 6.36. The Labute approximate surface area is 80.1 Å². The van der Waals surface area contributed by atoms with Crippen LogP contribution < -0.4 is 4.87 Å². The Morgan fingerprint density at radius 3 is 2.62 bits per heavy atom. The molecule has 0 saturated carbocycles. The van der Waals surface area contributed by atoms with Gasteiger partial charge in [-0.2, -0.15) is 0 Å². The molecule has 66 valence electrons. The third-order valence-electron chi connectivity index (χ3n) is 1.84. The van der Waals surface area contributed by atoms with E-state index >= 15 is 0 Å². The first-order valence-corrected chi connectivity index (χ1v) is 4.92. The van der Waals surface area contributed by atoms with Crippen molar-refractivity contribution in [3.05, 3.63) is 57.1 Å². The monoisotopic (exact) mass is 191 g/mol. The zero-order valence-electron chi connectivity index (χ0n) is 7.01. The van der Waals surface area contributed by atoms with Gasteiger partial charge in [0.05, 0.1) is 6.54 Å². The fourth-order valence-corrected chi connectivity index (χ4v) is 1.77. The first-order valence-electron chi connectivity index (χ1n) is 4.04. The Kier molecular flexibility index (Phi) is 2.27. The first kappa shape index (κ1) is 8.26. The molecule has 3 heteroatoms. The lowest BCUT2D eigenvalue weighted by atomic mass is 10.2. The lowest BCUT2D eigenvalue weighted by molar-refractivity contribution is 0.784. The molecule has 1 aromatic carbocycles. The molecule has 0 aliphatic carbocycles. The molecule has 2 rings (SSSR count). The third kappa shape index (κ3) is 1.87. The van der Waals surface area contributed by atoms with Gasteiger partial charge in [0.15, 0.2) is 0 Å². The average Bonchev–Trinajstić information content (AvgIpc) is 2.54. The predicted molar refractivity (Wildman–Crippen MR) is 54.1 cm³/mol. The molecule has 0 atom stereocenters. The van der Waals surface area contributed by atoms with Gasteiger partial charge in [-0.1, -0.05) is 41.7 Å². The van der Waals surface area contributed by atoms with E-state index in [4.69, 9.17) is 0 Å². The Morgan fingerprint density at radius 1 is 1.23 bits per heavy atom. The molecular weight excluding hydrogens is 182 g/mol. The van der Waals surface area contributed by atoms with E-state index in [1.807, 2.05) is 41.9 Å². The molecule has 1 heterocycles. The Hall–Kier alpha value is -1.35. The molecule has 0 radical (unpaired) electrons. The third-order valence-corrected chi connectivity index (χ3v) is 2.53. The smallest absolute Gasteiger partial charge is 0.302 e. The quantitative estimate of drug-likeness (QED) is 0.711. The topological polar surface area (TPSA) is 22.0 Å². The fourth-order valence-electron chi connectivity index (χ4n) is 1.19. The number of hydrogen-bond donors (Lipinski definition) is 0. The van der Waals surface area contributed by atoms with Crippen molar-refractivity contribution in [3.8, 4) is 0 Å². The van der Waals surface area contributed by atoms with Gasteiger partial charge < -0.3 is 4.57 Å². The standard InChI is InChI=1S/C10H9NOS/c12-10-11(6-7-13-10)8-9-4-2-1-3-5-9/h1-7H,8H2. The fraction of sp³-hybridized carbons (Fsp3) is 0.100. The molecule has 0 bridgehead atoms. The molecule has 0 saturated heterocycles. The van der Waals surface area contributed by atoms with Crippen LogP contribution in [0.4, 0.5) is 0 Å². The normalized spacial score (nSPS) is 10.2. The van der Waals surface area contributed by atoms with Gasteiger partial charge in [-0.15, -0.1) is 0 Å². The van der Waals surface area contributed by atoms with Crippen LogP contribution in [0.5, 0.6) is 0 Å². The minimum absolute atomic E-state index is 0.101. The summed E-state index contributed by atoms with van der Waals surface area (Å²) < 4.78 is 1.71. The molecular formula is C10H9NOS. The Balaban J connectivity index is 2.25. The zero-order chi connectivity index (χ0) is 9.10. The molecule has 0 amide bonds. The lowest BCUT2D eigenvalue weighted by Crippen LogP contribution is -2.12. The number of nitrogens with zero attached hydrogens (tertiary/aromatic N) is 1. The van der Waals surface area contributed by atoms with E-state index < -0.39 is 0 Å². The summed E-state index contributed by atoms with van der Waals surface area (Å²) in [7, 11) is 0. The van der Waals surface area contributed by atoms with Crippen molar-refractivity contribution in [3.63, 3.8) is 0 Å². The molecule has 0 aliphatic rings. The van der Waals surface area contributed by atoms with Crippen LogP contribution in [0.25, 0.3) is 0 Å². The molecule has 0 aliphatic heterocycles. The average molecular weight is 191 g/mol. The maximum absolute atomic E-state index is 11.2. The van der Waals surface area contributed by atoms with Gasteiger partial charge in [0.1, 0.15) is 0 Å². The highest BCUT2D eigenvalue weighted by atomic mass is 32.1. The Bertz CT molecular complexity index is 429. The van der Waals surface area contributed by atoms with Crippen LogP contribution in [0, 0.1) is 0 Å². The summed E-state index contributed by atoms with van der Waals surface area (Å²) in [4.78, 5) is 11.3. The summed E-state index contributed by atoms with van der Waals surface area (Å²) in [6.07, 6.45) is 1.82. The second kappa shape index (κ2) is 3.58. The number of rotatable bonds is 2. The van der Waals surface area contributed by atoms with Crippen molar-refractivity contribution >= 4 is 11.3 Å². The van der Waals surface area contributed by atoms with Gasteiger partial charge >= 0.3 is 4.87 Å². The van der Waals surface area contributed by atoms with Gasteiger partial charge in [0.25, 0.3) is 0 Å². The number of hydrogen-bond acceptors (Lipinski definition) is 2. The maximum Gasteiger partial charge on any atom is 0.307 e. The SMILES string of the molecule is O=c1sccn1Cc1ccccc1. The van der Waals surface area contributed by atoms with E-state index in [0.29, 0.717) is 6.54 Å². The summed E-state index contributed by atoms with van der Waals surface area (Å²) in [5.41, 5.74) is 1.16. The van der Waals surface area contributed by atoms with Gasteiger partial charge in [0.2, 0.25) is 0 Å². The van der Waals surface area contributed by atoms with Crippen LogP contribution in [0.2, 0.25) is 0 Å². The summed E-state index contributed by atoms with van der Waals surface area (Å²) in [5, 5.41) is 1.81. The van der Waals surface area contributed by atoms with Crippen LogP contribution >= 0.6 is 11.3 Å². The van der Waals surface area contributed by atoms with E-state index in [1.165, 1.54) is 11.3 Å². The molecule has 0 spiro atoms. The van der Waals surface area contributed by atoms with Crippen LogP contribution in [0.1, 0.15) is 5.56 Å². The number of benzene rings is 1. The van der Waals surface area contributed by atoms with Gasteiger partial charge in [-0.25, -0.2) is 0 Å². The van der Waals surface area contributed by atoms with Gasteiger partial charge in [0, 0.05) is 11.6 Å². The van der Waals surface area contributed by atoms with Crippen molar-refractivity contribution in [2.45, 2.75) is 6.54 Å². The molecule has 2 aromatic rings. The lowest BCUT2D eigenvalue weighted by Gasteiger charge is -1.99. The molecule has 0 fully saturated rings. The van der Waals surface area contributed by atoms with Crippen molar-refractivity contribution < 1.29 is 0 Å². The van der Waals surface area contributed by atoms with E-state index in [9.17, 15) is 4.79 Å². The highest BCUT2D eigenvalue weighted by Gasteiger charge is 1.96. The number of aromatic nitrogens is 1.